The minimum absolute atomic E-state index is 0.0373. The first-order chi connectivity index (χ1) is 17.0. The number of ether oxygens (including phenoxy) is 2. The summed E-state index contributed by atoms with van der Waals surface area (Å²) in [7, 11) is 3.16. The first kappa shape index (κ1) is 24.7. The second-order valence-corrected chi connectivity index (χ2v) is 9.45. The molecule has 0 atom stereocenters. The maximum absolute atomic E-state index is 14.3. The molecule has 4 rings (SSSR count). The van der Waals surface area contributed by atoms with Gasteiger partial charge in [0.15, 0.2) is 16.7 Å². The zero-order valence-corrected chi connectivity index (χ0v) is 20.9. The number of benzene rings is 2. The van der Waals surface area contributed by atoms with Crippen molar-refractivity contribution in [1.82, 2.24) is 14.9 Å². The predicted octanol–water partition coefficient (Wildman–Crippen LogP) is 4.11. The van der Waals surface area contributed by atoms with Crippen molar-refractivity contribution in [1.29, 1.82) is 0 Å². The quantitative estimate of drug-likeness (QED) is 0.254. The van der Waals surface area contributed by atoms with Crippen molar-refractivity contribution < 1.29 is 18.7 Å². The van der Waals surface area contributed by atoms with Crippen LogP contribution in [0.1, 0.15) is 11.1 Å². The summed E-state index contributed by atoms with van der Waals surface area (Å²) < 4.78 is 26.7. The smallest absolute Gasteiger partial charge is 0.272 e. The fraction of sp³-hybridized carbons (Fsp3) is 0.240. The van der Waals surface area contributed by atoms with Gasteiger partial charge in [0.2, 0.25) is 5.91 Å². The van der Waals surface area contributed by atoms with E-state index in [4.69, 9.17) is 9.47 Å². The molecule has 0 unspecified atom stereocenters. The van der Waals surface area contributed by atoms with E-state index < -0.39 is 5.82 Å². The number of nitrogens with zero attached hydrogens (tertiary/aromatic N) is 2. The van der Waals surface area contributed by atoms with Crippen LogP contribution in [0, 0.1) is 5.82 Å². The molecule has 0 aliphatic rings. The number of fused-ring (bicyclic) bond motifs is 1. The molecule has 0 saturated heterocycles. The molecule has 4 aromatic rings. The van der Waals surface area contributed by atoms with Crippen LogP contribution in [0.3, 0.4) is 0 Å². The lowest BCUT2D eigenvalue weighted by molar-refractivity contribution is -0.118. The fourth-order valence-corrected chi connectivity index (χ4v) is 5.14. The molecule has 0 bridgehead atoms. The highest BCUT2D eigenvalue weighted by Crippen LogP contribution is 2.27. The van der Waals surface area contributed by atoms with E-state index in [1.165, 1.54) is 22.0 Å². The van der Waals surface area contributed by atoms with Gasteiger partial charge in [0.05, 0.1) is 32.0 Å². The third-order valence-corrected chi connectivity index (χ3v) is 7.20. The molecule has 182 valence electrons. The highest BCUT2D eigenvalue weighted by Gasteiger charge is 2.16. The van der Waals surface area contributed by atoms with Crippen LogP contribution in [0.2, 0.25) is 0 Å². The molecule has 7 nitrogen and oxygen atoms in total. The summed E-state index contributed by atoms with van der Waals surface area (Å²) in [6.07, 6.45) is 0.619. The number of thiophene rings is 1. The van der Waals surface area contributed by atoms with Crippen LogP contribution in [-0.4, -0.2) is 42.0 Å². The van der Waals surface area contributed by atoms with Crippen LogP contribution in [0.5, 0.6) is 11.5 Å². The summed E-state index contributed by atoms with van der Waals surface area (Å²) in [5.74, 6) is 0.774. The number of aromatic nitrogens is 2. The number of methoxy groups -OCH3 is 2. The maximum Gasteiger partial charge on any atom is 0.272 e. The number of halogens is 1. The molecule has 10 heteroatoms. The number of carbonyl (C=O) groups excluding carboxylic acids is 1. The molecule has 0 saturated carbocycles. The first-order valence-corrected chi connectivity index (χ1v) is 12.7. The second kappa shape index (κ2) is 11.4. The molecule has 0 radical (unpaired) electrons. The summed E-state index contributed by atoms with van der Waals surface area (Å²) in [5.41, 5.74) is 1.71. The maximum atomic E-state index is 14.3. The zero-order chi connectivity index (χ0) is 24.8. The Hall–Kier alpha value is -3.37. The Kier molecular flexibility index (Phi) is 8.04. The van der Waals surface area contributed by atoms with Crippen molar-refractivity contribution in [2.24, 2.45) is 0 Å². The van der Waals surface area contributed by atoms with E-state index in [9.17, 15) is 14.0 Å². The summed E-state index contributed by atoms with van der Waals surface area (Å²) >= 11 is 2.45. The summed E-state index contributed by atoms with van der Waals surface area (Å²) in [6.45, 7) is 0.476. The minimum Gasteiger partial charge on any atom is -0.493 e. The summed E-state index contributed by atoms with van der Waals surface area (Å²) in [5, 5.41) is 5.06. The highest BCUT2D eigenvalue weighted by molar-refractivity contribution is 7.99. The highest BCUT2D eigenvalue weighted by atomic mass is 32.2. The molecule has 2 aromatic heterocycles. The Bertz CT molecular complexity index is 1400. The molecular formula is C25H24FN3O4S2. The normalized spacial score (nSPS) is 10.9. The molecule has 1 amide bonds. The molecule has 0 fully saturated rings. The van der Waals surface area contributed by atoms with Gasteiger partial charge >= 0.3 is 0 Å². The second-order valence-electron chi connectivity index (χ2n) is 7.59. The lowest BCUT2D eigenvalue weighted by Crippen LogP contribution is -2.28. The number of hydrogen-bond acceptors (Lipinski definition) is 7. The van der Waals surface area contributed by atoms with E-state index >= 15 is 0 Å². The van der Waals surface area contributed by atoms with E-state index in [0.717, 1.165) is 17.3 Å². The van der Waals surface area contributed by atoms with Gasteiger partial charge in [-0.05, 0) is 41.6 Å². The minimum atomic E-state index is -0.394. The van der Waals surface area contributed by atoms with Gasteiger partial charge in [-0.15, -0.1) is 11.3 Å². The van der Waals surface area contributed by atoms with Crippen LogP contribution in [-0.2, 0) is 17.8 Å². The third kappa shape index (κ3) is 5.83. The number of thioether (sulfide) groups is 1. The fourth-order valence-electron chi connectivity index (χ4n) is 3.53. The first-order valence-electron chi connectivity index (χ1n) is 10.8. The van der Waals surface area contributed by atoms with Gasteiger partial charge < -0.3 is 14.8 Å². The molecule has 2 heterocycles. The molecule has 1 N–H and O–H groups in total. The van der Waals surface area contributed by atoms with Gasteiger partial charge in [0, 0.05) is 12.1 Å². The molecule has 0 aliphatic carbocycles. The van der Waals surface area contributed by atoms with Crippen molar-refractivity contribution in [3.05, 3.63) is 81.2 Å². The molecule has 35 heavy (non-hydrogen) atoms. The average Bonchev–Trinajstić information content (AvgIpc) is 3.34. The number of nitrogens with one attached hydrogen (secondary N) is 1. The lowest BCUT2D eigenvalue weighted by Gasteiger charge is -2.13. The van der Waals surface area contributed by atoms with Crippen molar-refractivity contribution in [2.75, 3.05) is 26.5 Å². The number of hydrogen-bond donors (Lipinski definition) is 1. The Balaban J connectivity index is 1.42. The van der Waals surface area contributed by atoms with Crippen LogP contribution in [0.15, 0.2) is 63.9 Å². The Labute approximate surface area is 209 Å². The summed E-state index contributed by atoms with van der Waals surface area (Å²) in [4.78, 5) is 30.1. The van der Waals surface area contributed by atoms with Crippen molar-refractivity contribution >= 4 is 39.2 Å². The third-order valence-electron chi connectivity index (χ3n) is 5.33. The number of carbonyl (C=O) groups is 1. The van der Waals surface area contributed by atoms with Gasteiger partial charge in [-0.1, -0.05) is 36.0 Å². The van der Waals surface area contributed by atoms with Crippen molar-refractivity contribution in [3.8, 4) is 11.5 Å². The average molecular weight is 514 g/mol. The van der Waals surface area contributed by atoms with Gasteiger partial charge in [-0.2, -0.15) is 0 Å². The number of rotatable bonds is 10. The van der Waals surface area contributed by atoms with Gasteiger partial charge in [0.25, 0.3) is 5.56 Å². The topological polar surface area (TPSA) is 82.5 Å². The van der Waals surface area contributed by atoms with E-state index in [1.54, 1.807) is 43.9 Å². The van der Waals surface area contributed by atoms with Crippen molar-refractivity contribution in [3.63, 3.8) is 0 Å². The zero-order valence-electron chi connectivity index (χ0n) is 19.2. The van der Waals surface area contributed by atoms with E-state index in [-0.39, 0.29) is 23.8 Å². The Morgan fingerprint density at radius 1 is 1.14 bits per heavy atom. The van der Waals surface area contributed by atoms with E-state index in [0.29, 0.717) is 45.4 Å². The monoisotopic (exact) mass is 513 g/mol. The van der Waals surface area contributed by atoms with Gasteiger partial charge in [-0.3, -0.25) is 14.2 Å². The largest absolute Gasteiger partial charge is 0.493 e. The predicted molar refractivity (Wildman–Crippen MR) is 136 cm³/mol. The molecule has 0 spiro atoms. The van der Waals surface area contributed by atoms with Gasteiger partial charge in [0.1, 0.15) is 10.5 Å². The number of amides is 1. The van der Waals surface area contributed by atoms with Crippen LogP contribution >= 0.6 is 23.1 Å². The van der Waals surface area contributed by atoms with Crippen LogP contribution in [0.4, 0.5) is 4.39 Å². The standard InChI is InChI=1S/C25H24FN3O4S2/c1-32-20-8-7-16(13-21(20)33-2)9-11-27-22(30)15-35-25-28-19-10-12-34-23(19)24(31)29(25)14-17-5-3-4-6-18(17)26/h3-8,10,12-13H,9,11,14-15H2,1-2H3,(H,27,30). The Morgan fingerprint density at radius 2 is 1.94 bits per heavy atom. The Morgan fingerprint density at radius 3 is 2.71 bits per heavy atom. The van der Waals surface area contributed by atoms with Crippen molar-refractivity contribution in [2.45, 2.75) is 18.1 Å². The van der Waals surface area contributed by atoms with Gasteiger partial charge in [-0.25, -0.2) is 9.37 Å². The molecule has 2 aromatic carbocycles. The molecular weight excluding hydrogens is 489 g/mol. The summed E-state index contributed by atoms with van der Waals surface area (Å²) in [6, 6.07) is 13.7. The van der Waals surface area contributed by atoms with E-state index in [2.05, 4.69) is 10.3 Å². The van der Waals surface area contributed by atoms with E-state index in [1.807, 2.05) is 18.2 Å². The lowest BCUT2D eigenvalue weighted by atomic mass is 10.1. The SMILES string of the molecule is COc1ccc(CCNC(=O)CSc2nc3ccsc3c(=O)n2Cc2ccccc2F)cc1OC. The molecule has 0 aliphatic heterocycles. The van der Waals surface area contributed by atoms with Crippen LogP contribution < -0.4 is 20.3 Å². The van der Waals surface area contributed by atoms with Crippen LogP contribution in [0.25, 0.3) is 10.2 Å².